The Morgan fingerprint density at radius 3 is 2.16 bits per heavy atom. The first-order valence-electron chi connectivity index (χ1n) is 11.9. The molecule has 194 valence electrons. The van der Waals surface area contributed by atoms with E-state index in [1.165, 1.54) is 21.3 Å². The number of carbonyl (C=O) groups is 1. The van der Waals surface area contributed by atoms with Crippen molar-refractivity contribution in [3.05, 3.63) is 72.1 Å². The third-order valence-electron chi connectivity index (χ3n) is 5.94. The Bertz CT molecular complexity index is 1340. The highest BCUT2D eigenvalue weighted by atomic mass is 16.5. The molecule has 0 saturated carbocycles. The number of carbonyl (C=O) groups excluding carboxylic acids is 1. The molecular weight excluding hydrogens is 474 g/mol. The van der Waals surface area contributed by atoms with Crippen molar-refractivity contribution in [2.45, 2.75) is 13.0 Å². The number of hydrogen-bond donors (Lipinski definition) is 1. The minimum absolute atomic E-state index is 0.249. The summed E-state index contributed by atoms with van der Waals surface area (Å²) in [6.45, 7) is 1.42. The zero-order chi connectivity index (χ0) is 26.2. The molecule has 1 aromatic heterocycles. The second-order valence-corrected chi connectivity index (χ2v) is 8.09. The fourth-order valence-electron chi connectivity index (χ4n) is 4.15. The summed E-state index contributed by atoms with van der Waals surface area (Å²) < 4.78 is 29.5. The summed E-state index contributed by atoms with van der Waals surface area (Å²) >= 11 is 0. The summed E-state index contributed by atoms with van der Waals surface area (Å²) in [7, 11) is 6.17. The van der Waals surface area contributed by atoms with Gasteiger partial charge in [-0.15, -0.1) is 0 Å². The number of nitrogens with one attached hydrogen (secondary N) is 1. The number of methoxy groups -OCH3 is 4. The van der Waals surface area contributed by atoms with E-state index in [1.54, 1.807) is 19.2 Å². The molecule has 1 heterocycles. The Kier molecular flexibility index (Phi) is 8.35. The van der Waals surface area contributed by atoms with Gasteiger partial charge in [-0.2, -0.15) is 0 Å². The van der Waals surface area contributed by atoms with Gasteiger partial charge in [0.2, 0.25) is 5.75 Å². The quantitative estimate of drug-likeness (QED) is 0.310. The summed E-state index contributed by atoms with van der Waals surface area (Å²) in [6, 6.07) is 18.8. The van der Waals surface area contributed by atoms with Gasteiger partial charge in [-0.05, 0) is 36.4 Å². The summed E-state index contributed by atoms with van der Waals surface area (Å²) in [4.78, 5) is 17.7. The van der Waals surface area contributed by atoms with Crippen LogP contribution in [-0.4, -0.2) is 57.0 Å². The van der Waals surface area contributed by atoms with Gasteiger partial charge in [0.1, 0.15) is 12.4 Å². The first kappa shape index (κ1) is 25.7. The lowest BCUT2D eigenvalue weighted by molar-refractivity contribution is 0.0953. The molecule has 3 aromatic carbocycles. The number of hydrogen-bond acceptors (Lipinski definition) is 7. The van der Waals surface area contributed by atoms with E-state index in [1.807, 2.05) is 48.5 Å². The molecule has 4 rings (SSSR count). The van der Waals surface area contributed by atoms with Crippen LogP contribution < -0.4 is 29.0 Å². The van der Waals surface area contributed by atoms with Gasteiger partial charge >= 0.3 is 0 Å². The van der Waals surface area contributed by atoms with Crippen LogP contribution in [0.5, 0.6) is 28.7 Å². The lowest BCUT2D eigenvalue weighted by Crippen LogP contribution is -2.27. The summed E-state index contributed by atoms with van der Waals surface area (Å²) in [5.41, 5.74) is 2.32. The van der Waals surface area contributed by atoms with Crippen LogP contribution in [0.3, 0.4) is 0 Å². The second kappa shape index (κ2) is 12.0. The van der Waals surface area contributed by atoms with Crippen molar-refractivity contribution in [3.63, 3.8) is 0 Å². The van der Waals surface area contributed by atoms with Crippen LogP contribution in [0.2, 0.25) is 0 Å². The molecule has 0 aliphatic carbocycles. The monoisotopic (exact) mass is 505 g/mol. The summed E-state index contributed by atoms with van der Waals surface area (Å²) in [5, 5.41) is 2.96. The standard InChI is InChI=1S/C28H31N3O6/c1-33-22-11-7-8-12-23(22)37-16-15-31-21-10-6-5-9-20(21)30-26(31)13-14-29-28(32)19-17-24(34-2)27(36-4)25(18-19)35-3/h5-12,17-18H,13-16H2,1-4H3,(H,29,32). The number of imidazole rings is 1. The zero-order valence-electron chi connectivity index (χ0n) is 21.4. The van der Waals surface area contributed by atoms with Gasteiger partial charge in [-0.25, -0.2) is 4.98 Å². The van der Waals surface area contributed by atoms with E-state index in [9.17, 15) is 4.79 Å². The van der Waals surface area contributed by atoms with Crippen molar-refractivity contribution in [1.82, 2.24) is 14.9 Å². The van der Waals surface area contributed by atoms with E-state index in [0.717, 1.165) is 16.9 Å². The molecule has 0 fully saturated rings. The number of fused-ring (bicyclic) bond motifs is 1. The Morgan fingerprint density at radius 2 is 1.49 bits per heavy atom. The van der Waals surface area contributed by atoms with Crippen LogP contribution >= 0.6 is 0 Å². The van der Waals surface area contributed by atoms with Gasteiger partial charge < -0.3 is 33.6 Å². The van der Waals surface area contributed by atoms with Crippen molar-refractivity contribution >= 4 is 16.9 Å². The molecule has 0 aliphatic rings. The minimum atomic E-state index is -0.249. The molecule has 9 heteroatoms. The highest BCUT2D eigenvalue weighted by molar-refractivity contribution is 5.95. The minimum Gasteiger partial charge on any atom is -0.493 e. The Balaban J connectivity index is 1.45. The molecule has 0 saturated heterocycles. The van der Waals surface area contributed by atoms with Crippen LogP contribution in [0, 0.1) is 0 Å². The van der Waals surface area contributed by atoms with Crippen LogP contribution in [0.25, 0.3) is 11.0 Å². The highest BCUT2D eigenvalue weighted by Gasteiger charge is 2.17. The SMILES string of the molecule is COc1ccccc1OCCn1c(CCNC(=O)c2cc(OC)c(OC)c(OC)c2)nc2ccccc21. The molecule has 0 atom stereocenters. The van der Waals surface area contributed by atoms with Gasteiger partial charge in [-0.3, -0.25) is 4.79 Å². The van der Waals surface area contributed by atoms with Crippen molar-refractivity contribution < 1.29 is 28.5 Å². The van der Waals surface area contributed by atoms with E-state index in [2.05, 4.69) is 9.88 Å². The van der Waals surface area contributed by atoms with Crippen molar-refractivity contribution in [1.29, 1.82) is 0 Å². The number of amides is 1. The first-order valence-corrected chi connectivity index (χ1v) is 11.9. The zero-order valence-corrected chi connectivity index (χ0v) is 21.4. The molecule has 0 spiro atoms. The third-order valence-corrected chi connectivity index (χ3v) is 5.94. The molecule has 0 unspecified atom stereocenters. The normalized spacial score (nSPS) is 10.7. The van der Waals surface area contributed by atoms with Crippen molar-refractivity contribution in [3.8, 4) is 28.7 Å². The van der Waals surface area contributed by atoms with Gasteiger partial charge in [0.25, 0.3) is 5.91 Å². The maximum absolute atomic E-state index is 12.9. The van der Waals surface area contributed by atoms with Gasteiger partial charge in [0.15, 0.2) is 23.0 Å². The maximum Gasteiger partial charge on any atom is 0.251 e. The molecule has 0 bridgehead atoms. The Labute approximate surface area is 215 Å². The van der Waals surface area contributed by atoms with Gasteiger partial charge in [-0.1, -0.05) is 24.3 Å². The smallest absolute Gasteiger partial charge is 0.251 e. The summed E-state index contributed by atoms with van der Waals surface area (Å²) in [5.74, 6) is 3.26. The summed E-state index contributed by atoms with van der Waals surface area (Å²) in [6.07, 6.45) is 0.541. The molecule has 0 radical (unpaired) electrons. The Hall–Kier alpha value is -4.40. The van der Waals surface area contributed by atoms with E-state index in [0.29, 0.717) is 60.4 Å². The lowest BCUT2D eigenvalue weighted by Gasteiger charge is -2.14. The van der Waals surface area contributed by atoms with E-state index in [4.69, 9.17) is 28.7 Å². The average Bonchev–Trinajstić information content (AvgIpc) is 3.29. The van der Waals surface area contributed by atoms with Crippen LogP contribution in [0.1, 0.15) is 16.2 Å². The lowest BCUT2D eigenvalue weighted by atomic mass is 10.1. The number of aromatic nitrogens is 2. The third kappa shape index (κ3) is 5.72. The number of benzene rings is 3. The first-order chi connectivity index (χ1) is 18.1. The molecule has 4 aromatic rings. The molecular formula is C28H31N3O6. The van der Waals surface area contributed by atoms with Gasteiger partial charge in [0, 0.05) is 18.5 Å². The molecule has 9 nitrogen and oxygen atoms in total. The highest BCUT2D eigenvalue weighted by Crippen LogP contribution is 2.38. The fourth-order valence-corrected chi connectivity index (χ4v) is 4.15. The number of ether oxygens (including phenoxy) is 5. The molecule has 1 N–H and O–H groups in total. The van der Waals surface area contributed by atoms with E-state index in [-0.39, 0.29) is 5.91 Å². The molecule has 0 aliphatic heterocycles. The predicted molar refractivity (Wildman–Crippen MR) is 140 cm³/mol. The maximum atomic E-state index is 12.9. The second-order valence-electron chi connectivity index (χ2n) is 8.09. The fraction of sp³-hybridized carbons (Fsp3) is 0.286. The molecule has 1 amide bonds. The van der Waals surface area contributed by atoms with Crippen LogP contribution in [0.15, 0.2) is 60.7 Å². The van der Waals surface area contributed by atoms with E-state index < -0.39 is 0 Å². The predicted octanol–water partition coefficient (Wildman–Crippen LogP) is 4.12. The topological polar surface area (TPSA) is 93.1 Å². The number of rotatable bonds is 12. The number of nitrogens with zero attached hydrogens (tertiary/aromatic N) is 2. The average molecular weight is 506 g/mol. The van der Waals surface area contributed by atoms with Crippen LogP contribution in [0.4, 0.5) is 0 Å². The van der Waals surface area contributed by atoms with Crippen LogP contribution in [-0.2, 0) is 13.0 Å². The number of para-hydroxylation sites is 4. The Morgan fingerprint density at radius 1 is 0.838 bits per heavy atom. The van der Waals surface area contributed by atoms with Crippen molar-refractivity contribution in [2.75, 3.05) is 41.6 Å². The molecule has 37 heavy (non-hydrogen) atoms. The largest absolute Gasteiger partial charge is 0.493 e. The van der Waals surface area contributed by atoms with E-state index >= 15 is 0 Å². The van der Waals surface area contributed by atoms with Gasteiger partial charge in [0.05, 0.1) is 46.0 Å². The van der Waals surface area contributed by atoms with Crippen molar-refractivity contribution in [2.24, 2.45) is 0 Å².